The van der Waals surface area contributed by atoms with Crippen molar-refractivity contribution in [1.29, 1.82) is 0 Å². The molecule has 29 heavy (non-hydrogen) atoms. The lowest BCUT2D eigenvalue weighted by Gasteiger charge is -2.27. The Bertz CT molecular complexity index is 860. The molecule has 2 saturated heterocycles. The summed E-state index contributed by atoms with van der Waals surface area (Å²) in [6, 6.07) is 4.82. The van der Waals surface area contributed by atoms with E-state index < -0.39 is 23.8 Å². The molecular weight excluding hydrogens is 372 g/mol. The van der Waals surface area contributed by atoms with Gasteiger partial charge in [-0.2, -0.15) is 0 Å². The van der Waals surface area contributed by atoms with Crippen LogP contribution in [0.25, 0.3) is 0 Å². The molecule has 3 aliphatic heterocycles. The van der Waals surface area contributed by atoms with Crippen molar-refractivity contribution in [2.24, 2.45) is 0 Å². The van der Waals surface area contributed by atoms with Gasteiger partial charge in [0.15, 0.2) is 0 Å². The van der Waals surface area contributed by atoms with E-state index in [1.54, 1.807) is 12.1 Å². The van der Waals surface area contributed by atoms with E-state index in [2.05, 4.69) is 22.6 Å². The summed E-state index contributed by atoms with van der Waals surface area (Å²) in [6.45, 7) is 2.68. The molecule has 0 radical (unpaired) electrons. The van der Waals surface area contributed by atoms with Gasteiger partial charge in [0.2, 0.25) is 11.8 Å². The van der Waals surface area contributed by atoms with Gasteiger partial charge in [-0.25, -0.2) is 0 Å². The minimum absolute atomic E-state index is 0.120. The fraction of sp³-hybridized carbons (Fsp3) is 0.524. The van der Waals surface area contributed by atoms with E-state index >= 15 is 0 Å². The zero-order valence-electron chi connectivity index (χ0n) is 16.6. The molecule has 0 aliphatic carbocycles. The molecule has 0 spiro atoms. The van der Waals surface area contributed by atoms with Crippen LogP contribution in [0.1, 0.15) is 58.4 Å². The summed E-state index contributed by atoms with van der Waals surface area (Å²) in [6.07, 6.45) is 3.81. The average Bonchev–Trinajstić information content (AvgIpc) is 2.88. The van der Waals surface area contributed by atoms with E-state index in [1.165, 1.54) is 12.8 Å². The molecule has 8 nitrogen and oxygen atoms in total. The van der Waals surface area contributed by atoms with E-state index in [9.17, 15) is 19.2 Å². The highest BCUT2D eigenvalue weighted by molar-refractivity contribution is 6.23. The summed E-state index contributed by atoms with van der Waals surface area (Å²) >= 11 is 0. The number of benzene rings is 1. The van der Waals surface area contributed by atoms with Gasteiger partial charge in [-0.15, -0.1) is 0 Å². The van der Waals surface area contributed by atoms with Crippen molar-refractivity contribution in [2.45, 2.75) is 50.7 Å². The van der Waals surface area contributed by atoms with Crippen LogP contribution in [0, 0.1) is 0 Å². The zero-order chi connectivity index (χ0) is 20.5. The van der Waals surface area contributed by atoms with Gasteiger partial charge < -0.3 is 5.32 Å². The number of likely N-dealkylation sites (N-methyl/N-ethyl adjacent to an activating group) is 1. The van der Waals surface area contributed by atoms with Crippen LogP contribution in [0.4, 0.5) is 0 Å². The Hall–Kier alpha value is -2.58. The van der Waals surface area contributed by atoms with Gasteiger partial charge in [0, 0.05) is 25.6 Å². The SMILES string of the molecule is CN(Cc1ccc2c(c1)C(=O)N(C1CCC(=O)NC1=O)C2=O)C1CCCCNC1. The summed E-state index contributed by atoms with van der Waals surface area (Å²) in [5, 5.41) is 5.68. The molecule has 0 bridgehead atoms. The Kier molecular flexibility index (Phi) is 5.47. The molecule has 154 valence electrons. The fourth-order valence-electron chi connectivity index (χ4n) is 4.41. The maximum atomic E-state index is 12.9. The molecule has 2 unspecified atom stereocenters. The second kappa shape index (κ2) is 8.04. The summed E-state index contributed by atoms with van der Waals surface area (Å²) in [4.78, 5) is 52.5. The highest BCUT2D eigenvalue weighted by atomic mass is 16.2. The number of imide groups is 2. The lowest BCUT2D eigenvalue weighted by Crippen LogP contribution is -2.54. The van der Waals surface area contributed by atoms with Crippen LogP contribution in [0.5, 0.6) is 0 Å². The fourth-order valence-corrected chi connectivity index (χ4v) is 4.41. The van der Waals surface area contributed by atoms with Gasteiger partial charge in [0.25, 0.3) is 11.8 Å². The van der Waals surface area contributed by atoms with E-state index in [-0.39, 0.29) is 18.7 Å². The minimum Gasteiger partial charge on any atom is -0.315 e. The van der Waals surface area contributed by atoms with Gasteiger partial charge in [0.05, 0.1) is 11.1 Å². The Labute approximate surface area is 169 Å². The van der Waals surface area contributed by atoms with Crippen molar-refractivity contribution in [2.75, 3.05) is 20.1 Å². The van der Waals surface area contributed by atoms with E-state index in [0.717, 1.165) is 30.0 Å². The summed E-state index contributed by atoms with van der Waals surface area (Å²) in [5.41, 5.74) is 1.62. The van der Waals surface area contributed by atoms with Gasteiger partial charge >= 0.3 is 0 Å². The summed E-state index contributed by atoms with van der Waals surface area (Å²) < 4.78 is 0. The average molecular weight is 398 g/mol. The monoisotopic (exact) mass is 398 g/mol. The quantitative estimate of drug-likeness (QED) is 0.723. The van der Waals surface area contributed by atoms with Crippen molar-refractivity contribution in [3.63, 3.8) is 0 Å². The predicted octanol–water partition coefficient (Wildman–Crippen LogP) is 0.662. The number of piperidine rings is 1. The van der Waals surface area contributed by atoms with E-state index in [1.807, 2.05) is 6.07 Å². The van der Waals surface area contributed by atoms with Gasteiger partial charge in [-0.3, -0.25) is 34.3 Å². The molecule has 4 amide bonds. The number of fused-ring (bicyclic) bond motifs is 1. The first-order chi connectivity index (χ1) is 14.0. The summed E-state index contributed by atoms with van der Waals surface area (Å²) in [7, 11) is 2.08. The second-order valence-corrected chi connectivity index (χ2v) is 8.10. The van der Waals surface area contributed by atoms with Crippen molar-refractivity contribution >= 4 is 23.6 Å². The molecule has 3 aliphatic rings. The Morgan fingerprint density at radius 1 is 1.07 bits per heavy atom. The third-order valence-corrected chi connectivity index (χ3v) is 6.08. The maximum absolute atomic E-state index is 12.9. The van der Waals surface area contributed by atoms with Gasteiger partial charge in [-0.1, -0.05) is 12.5 Å². The topological polar surface area (TPSA) is 98.8 Å². The molecule has 3 heterocycles. The van der Waals surface area contributed by atoms with Crippen LogP contribution in [0.15, 0.2) is 18.2 Å². The van der Waals surface area contributed by atoms with Crippen molar-refractivity contribution in [3.8, 4) is 0 Å². The Morgan fingerprint density at radius 3 is 2.66 bits per heavy atom. The van der Waals surface area contributed by atoms with Crippen LogP contribution in [-0.2, 0) is 16.1 Å². The second-order valence-electron chi connectivity index (χ2n) is 8.10. The van der Waals surface area contributed by atoms with E-state index in [0.29, 0.717) is 23.7 Å². The van der Waals surface area contributed by atoms with E-state index in [4.69, 9.17) is 0 Å². The largest absolute Gasteiger partial charge is 0.315 e. The van der Waals surface area contributed by atoms with Crippen molar-refractivity contribution in [1.82, 2.24) is 20.4 Å². The number of hydrogen-bond acceptors (Lipinski definition) is 6. The van der Waals surface area contributed by atoms with Crippen LogP contribution >= 0.6 is 0 Å². The number of nitrogens with zero attached hydrogens (tertiary/aromatic N) is 2. The standard InChI is InChI=1S/C21H26N4O4/c1-24(14-4-2-3-9-22-11-14)12-13-5-6-15-16(10-13)21(29)25(20(15)28)17-7-8-18(26)23-19(17)27/h5-6,10,14,17,22H,2-4,7-9,11-12H2,1H3,(H,23,26,27). The van der Waals surface area contributed by atoms with Crippen LogP contribution in [-0.4, -0.2) is 65.6 Å². The maximum Gasteiger partial charge on any atom is 0.262 e. The minimum atomic E-state index is -0.928. The third kappa shape index (κ3) is 3.82. The first-order valence-electron chi connectivity index (χ1n) is 10.2. The number of nitrogens with one attached hydrogen (secondary N) is 2. The first-order valence-corrected chi connectivity index (χ1v) is 10.2. The number of amides is 4. The summed E-state index contributed by atoms with van der Waals surface area (Å²) in [5.74, 6) is -1.88. The third-order valence-electron chi connectivity index (χ3n) is 6.08. The van der Waals surface area contributed by atoms with Crippen LogP contribution in [0.3, 0.4) is 0 Å². The lowest BCUT2D eigenvalue weighted by atomic mass is 10.0. The molecule has 8 heteroatoms. The Morgan fingerprint density at radius 2 is 1.86 bits per heavy atom. The molecule has 4 rings (SSSR count). The zero-order valence-corrected chi connectivity index (χ0v) is 16.6. The number of rotatable bonds is 4. The first kappa shape index (κ1) is 19.7. The van der Waals surface area contributed by atoms with Crippen molar-refractivity contribution < 1.29 is 19.2 Å². The van der Waals surface area contributed by atoms with Crippen molar-refractivity contribution in [3.05, 3.63) is 34.9 Å². The normalized spacial score (nSPS) is 25.2. The molecule has 1 aromatic carbocycles. The smallest absolute Gasteiger partial charge is 0.262 e. The van der Waals surface area contributed by atoms with Gasteiger partial charge in [-0.05, 0) is 50.6 Å². The molecule has 2 fully saturated rings. The molecule has 2 N–H and O–H groups in total. The number of carbonyl (C=O) groups is 4. The highest BCUT2D eigenvalue weighted by Crippen LogP contribution is 2.28. The predicted molar refractivity (Wildman–Crippen MR) is 105 cm³/mol. The Balaban J connectivity index is 1.51. The molecular formula is C21H26N4O4. The van der Waals surface area contributed by atoms with Gasteiger partial charge in [0.1, 0.15) is 6.04 Å². The number of carbonyl (C=O) groups excluding carboxylic acids is 4. The number of hydrogen-bond donors (Lipinski definition) is 2. The molecule has 1 aromatic rings. The highest BCUT2D eigenvalue weighted by Gasteiger charge is 2.44. The lowest BCUT2D eigenvalue weighted by molar-refractivity contribution is -0.136. The van der Waals surface area contributed by atoms with Crippen LogP contribution < -0.4 is 10.6 Å². The molecule has 0 aromatic heterocycles. The molecule has 0 saturated carbocycles. The van der Waals surface area contributed by atoms with Crippen LogP contribution in [0.2, 0.25) is 0 Å². The molecule has 2 atom stereocenters.